The van der Waals surface area contributed by atoms with Crippen molar-refractivity contribution in [2.24, 2.45) is 11.1 Å². The maximum absolute atomic E-state index is 12.1. The molecule has 1 fully saturated rings. The van der Waals surface area contributed by atoms with Crippen molar-refractivity contribution in [3.8, 4) is 0 Å². The summed E-state index contributed by atoms with van der Waals surface area (Å²) in [5.41, 5.74) is 6.19. The highest BCUT2D eigenvalue weighted by Crippen LogP contribution is 2.40. The molecular weight excluding hydrogens is 282 g/mol. The predicted octanol–water partition coefficient (Wildman–Crippen LogP) is 2.22. The summed E-state index contributed by atoms with van der Waals surface area (Å²) in [6.45, 7) is 2.30. The number of aryl methyl sites for hydroxylation is 1. The topological polar surface area (TPSA) is 68.0 Å². The average Bonchev–Trinajstić information content (AvgIpc) is 2.23. The summed E-state index contributed by atoms with van der Waals surface area (Å²) in [6, 6.07) is 3.67. The van der Waals surface area contributed by atoms with Gasteiger partial charge in [0.25, 0.3) is 0 Å². The first-order valence-electron chi connectivity index (χ1n) is 5.72. The Bertz CT molecular complexity index is 438. The van der Waals surface area contributed by atoms with Gasteiger partial charge in [-0.25, -0.2) is 4.98 Å². The fourth-order valence-corrected chi connectivity index (χ4v) is 2.21. The molecule has 0 unspecified atom stereocenters. The molecule has 0 bridgehead atoms. The first-order valence-corrected chi connectivity index (χ1v) is 6.51. The second-order valence-electron chi connectivity index (χ2n) is 4.56. The summed E-state index contributed by atoms with van der Waals surface area (Å²) in [7, 11) is 0. The monoisotopic (exact) mass is 297 g/mol. The lowest BCUT2D eigenvalue weighted by Gasteiger charge is -2.38. The van der Waals surface area contributed by atoms with E-state index in [1.807, 2.05) is 13.0 Å². The van der Waals surface area contributed by atoms with Gasteiger partial charge in [0, 0.05) is 11.0 Å². The van der Waals surface area contributed by atoms with Crippen LogP contribution in [0.3, 0.4) is 0 Å². The van der Waals surface area contributed by atoms with Gasteiger partial charge in [-0.15, -0.1) is 0 Å². The van der Waals surface area contributed by atoms with Gasteiger partial charge in [0.1, 0.15) is 5.82 Å². The van der Waals surface area contributed by atoms with E-state index in [4.69, 9.17) is 5.73 Å². The Kier molecular flexibility index (Phi) is 3.49. The largest absolute Gasteiger partial charge is 0.329 e. The van der Waals surface area contributed by atoms with Gasteiger partial charge in [0.2, 0.25) is 5.91 Å². The third-order valence-corrected chi connectivity index (χ3v) is 4.28. The summed E-state index contributed by atoms with van der Waals surface area (Å²) in [5, 5.41) is 2.85. The number of hydrogen-bond acceptors (Lipinski definition) is 3. The Morgan fingerprint density at radius 2 is 2.29 bits per heavy atom. The van der Waals surface area contributed by atoms with Gasteiger partial charge in [0.15, 0.2) is 0 Å². The van der Waals surface area contributed by atoms with Crippen LogP contribution in [0.1, 0.15) is 25.0 Å². The maximum Gasteiger partial charge on any atom is 0.233 e. The summed E-state index contributed by atoms with van der Waals surface area (Å²) in [4.78, 5) is 16.4. The van der Waals surface area contributed by atoms with Crippen LogP contribution < -0.4 is 11.1 Å². The maximum atomic E-state index is 12.1. The van der Waals surface area contributed by atoms with Crippen molar-refractivity contribution in [3.05, 3.63) is 22.3 Å². The Morgan fingerprint density at radius 3 is 2.76 bits per heavy atom. The number of rotatable bonds is 3. The zero-order chi connectivity index (χ0) is 12.5. The van der Waals surface area contributed by atoms with E-state index in [1.165, 1.54) is 0 Å². The first kappa shape index (κ1) is 12.5. The molecule has 2 rings (SSSR count). The van der Waals surface area contributed by atoms with Crippen molar-refractivity contribution in [1.82, 2.24) is 4.98 Å². The van der Waals surface area contributed by atoms with E-state index in [1.54, 1.807) is 6.07 Å². The first-order chi connectivity index (χ1) is 8.07. The fourth-order valence-electron chi connectivity index (χ4n) is 1.99. The Balaban J connectivity index is 2.10. The van der Waals surface area contributed by atoms with Crippen LogP contribution in [0, 0.1) is 12.3 Å². The van der Waals surface area contributed by atoms with Gasteiger partial charge >= 0.3 is 0 Å². The second-order valence-corrected chi connectivity index (χ2v) is 5.41. The lowest BCUT2D eigenvalue weighted by molar-refractivity contribution is -0.129. The fraction of sp³-hybridized carbons (Fsp3) is 0.500. The summed E-state index contributed by atoms with van der Waals surface area (Å²) in [6.07, 6.45) is 2.84. The lowest BCUT2D eigenvalue weighted by Crippen LogP contribution is -2.47. The molecule has 1 saturated carbocycles. The van der Waals surface area contributed by atoms with Crippen molar-refractivity contribution in [1.29, 1.82) is 0 Å². The number of hydrogen-bond donors (Lipinski definition) is 2. The van der Waals surface area contributed by atoms with Crippen LogP contribution in [0.5, 0.6) is 0 Å². The number of nitrogens with zero attached hydrogens (tertiary/aromatic N) is 1. The summed E-state index contributed by atoms with van der Waals surface area (Å²) in [5.74, 6) is 0.593. The normalized spacial score (nSPS) is 17.4. The zero-order valence-electron chi connectivity index (χ0n) is 9.79. The van der Waals surface area contributed by atoms with Crippen LogP contribution in [-0.4, -0.2) is 17.4 Å². The van der Waals surface area contributed by atoms with E-state index >= 15 is 0 Å². The molecule has 1 aromatic rings. The zero-order valence-corrected chi connectivity index (χ0v) is 11.4. The molecule has 0 aromatic carbocycles. The minimum atomic E-state index is -0.358. The molecule has 4 nitrogen and oxygen atoms in total. The third-order valence-electron chi connectivity index (χ3n) is 3.45. The number of pyridine rings is 1. The second kappa shape index (κ2) is 4.74. The number of anilines is 1. The van der Waals surface area contributed by atoms with Crippen LogP contribution >= 0.6 is 15.9 Å². The molecule has 1 aliphatic carbocycles. The van der Waals surface area contributed by atoms with Crippen molar-refractivity contribution in [2.45, 2.75) is 26.2 Å². The minimum Gasteiger partial charge on any atom is -0.329 e. The summed E-state index contributed by atoms with van der Waals surface area (Å²) < 4.78 is 0.938. The number of nitrogens with one attached hydrogen (secondary N) is 1. The van der Waals surface area contributed by atoms with Gasteiger partial charge in [0.05, 0.1) is 11.1 Å². The number of carbonyl (C=O) groups excluding carboxylic acids is 1. The SMILES string of the molecule is Cc1nc(NC(=O)C2(CN)CCC2)ccc1Br. The lowest BCUT2D eigenvalue weighted by atomic mass is 9.68. The van der Waals surface area contributed by atoms with Crippen LogP contribution in [0.2, 0.25) is 0 Å². The highest BCUT2D eigenvalue weighted by atomic mass is 79.9. The molecule has 1 heterocycles. The standard InChI is InChI=1S/C12H16BrN3O/c1-8-9(13)3-4-10(15-8)16-11(17)12(7-14)5-2-6-12/h3-4H,2,5-7,14H2,1H3,(H,15,16,17). The molecule has 0 atom stereocenters. The average molecular weight is 298 g/mol. The number of nitrogens with two attached hydrogens (primary N) is 1. The smallest absolute Gasteiger partial charge is 0.233 e. The predicted molar refractivity (Wildman–Crippen MR) is 70.6 cm³/mol. The highest BCUT2D eigenvalue weighted by Gasteiger charge is 2.42. The van der Waals surface area contributed by atoms with Crippen LogP contribution in [0.4, 0.5) is 5.82 Å². The number of amides is 1. The number of carbonyl (C=O) groups is 1. The van der Waals surface area contributed by atoms with Crippen molar-refractivity contribution < 1.29 is 4.79 Å². The van der Waals surface area contributed by atoms with E-state index in [0.29, 0.717) is 12.4 Å². The number of aromatic nitrogens is 1. The quantitative estimate of drug-likeness (QED) is 0.899. The van der Waals surface area contributed by atoms with E-state index in [9.17, 15) is 4.79 Å². The number of halogens is 1. The Hall–Kier alpha value is -0.940. The molecule has 3 N–H and O–H groups in total. The molecule has 5 heteroatoms. The van der Waals surface area contributed by atoms with Gasteiger partial charge < -0.3 is 11.1 Å². The van der Waals surface area contributed by atoms with Gasteiger partial charge in [-0.3, -0.25) is 4.79 Å². The van der Waals surface area contributed by atoms with Crippen LogP contribution in [0.15, 0.2) is 16.6 Å². The molecule has 1 aliphatic rings. The van der Waals surface area contributed by atoms with Crippen molar-refractivity contribution >= 4 is 27.7 Å². The molecule has 0 radical (unpaired) electrons. The molecule has 1 amide bonds. The van der Waals surface area contributed by atoms with E-state index < -0.39 is 0 Å². The molecule has 92 valence electrons. The Labute approximate surface area is 109 Å². The van der Waals surface area contributed by atoms with Gasteiger partial charge in [-0.1, -0.05) is 6.42 Å². The highest BCUT2D eigenvalue weighted by molar-refractivity contribution is 9.10. The molecular formula is C12H16BrN3O. The van der Waals surface area contributed by atoms with Gasteiger partial charge in [-0.2, -0.15) is 0 Å². The summed E-state index contributed by atoms with van der Waals surface area (Å²) >= 11 is 3.38. The third kappa shape index (κ3) is 2.35. The molecule has 17 heavy (non-hydrogen) atoms. The minimum absolute atomic E-state index is 0.000437. The molecule has 0 aliphatic heterocycles. The Morgan fingerprint density at radius 1 is 1.59 bits per heavy atom. The van der Waals surface area contributed by atoms with Gasteiger partial charge in [-0.05, 0) is 47.8 Å². The van der Waals surface area contributed by atoms with E-state index in [2.05, 4.69) is 26.2 Å². The molecule has 1 aromatic heterocycles. The molecule has 0 saturated heterocycles. The van der Waals surface area contributed by atoms with Crippen molar-refractivity contribution in [2.75, 3.05) is 11.9 Å². The van der Waals surface area contributed by atoms with E-state index in [-0.39, 0.29) is 11.3 Å². The van der Waals surface area contributed by atoms with Crippen molar-refractivity contribution in [3.63, 3.8) is 0 Å². The van der Waals surface area contributed by atoms with Crippen LogP contribution in [0.25, 0.3) is 0 Å². The van der Waals surface area contributed by atoms with E-state index in [0.717, 1.165) is 29.4 Å². The molecule has 0 spiro atoms. The van der Waals surface area contributed by atoms with Crippen LogP contribution in [-0.2, 0) is 4.79 Å².